The lowest BCUT2D eigenvalue weighted by molar-refractivity contribution is -0.0249. The molecule has 2 aromatic rings. The number of nitrogens with zero attached hydrogens (tertiary/aromatic N) is 4. The zero-order chi connectivity index (χ0) is 15.4. The van der Waals surface area contributed by atoms with Gasteiger partial charge in [0.15, 0.2) is 0 Å². The van der Waals surface area contributed by atoms with Gasteiger partial charge in [0.25, 0.3) is 5.91 Å². The van der Waals surface area contributed by atoms with Crippen molar-refractivity contribution in [2.75, 3.05) is 19.7 Å². The predicted molar refractivity (Wildman–Crippen MR) is 81.4 cm³/mol. The number of aryl methyl sites for hydroxylation is 1. The highest BCUT2D eigenvalue weighted by Gasteiger charge is 2.27. The predicted octanol–water partition coefficient (Wildman–Crippen LogP) is 1.90. The maximum atomic E-state index is 12.6. The van der Waals surface area contributed by atoms with Crippen molar-refractivity contribution < 1.29 is 9.53 Å². The van der Waals surface area contributed by atoms with Crippen LogP contribution in [0.3, 0.4) is 0 Å². The van der Waals surface area contributed by atoms with Crippen molar-refractivity contribution in [3.05, 3.63) is 48.0 Å². The molecule has 1 amide bonds. The van der Waals surface area contributed by atoms with E-state index in [0.29, 0.717) is 25.4 Å². The number of pyridine rings is 1. The van der Waals surface area contributed by atoms with E-state index in [-0.39, 0.29) is 12.0 Å². The van der Waals surface area contributed by atoms with Crippen LogP contribution >= 0.6 is 0 Å². The van der Waals surface area contributed by atoms with Gasteiger partial charge in [-0.1, -0.05) is 13.0 Å². The van der Waals surface area contributed by atoms with Gasteiger partial charge in [-0.2, -0.15) is 5.10 Å². The molecule has 1 fully saturated rings. The van der Waals surface area contributed by atoms with Crippen molar-refractivity contribution in [1.29, 1.82) is 0 Å². The molecule has 0 aliphatic carbocycles. The molecular weight excluding hydrogens is 280 g/mol. The van der Waals surface area contributed by atoms with E-state index in [1.54, 1.807) is 17.2 Å². The molecule has 1 atom stereocenters. The van der Waals surface area contributed by atoms with Crippen molar-refractivity contribution in [2.45, 2.75) is 26.0 Å². The second-order valence-electron chi connectivity index (χ2n) is 5.33. The molecule has 0 bridgehead atoms. The molecule has 1 aliphatic rings. The molecule has 0 N–H and O–H groups in total. The van der Waals surface area contributed by atoms with Gasteiger partial charge in [-0.15, -0.1) is 0 Å². The number of hydrogen-bond donors (Lipinski definition) is 0. The Morgan fingerprint density at radius 3 is 3.09 bits per heavy atom. The maximum Gasteiger partial charge on any atom is 0.274 e. The molecule has 116 valence electrons. The summed E-state index contributed by atoms with van der Waals surface area (Å²) in [5.74, 6) is -0.0425. The van der Waals surface area contributed by atoms with Crippen LogP contribution in [0.15, 0.2) is 36.7 Å². The van der Waals surface area contributed by atoms with Gasteiger partial charge in [-0.25, -0.2) is 0 Å². The molecule has 0 aromatic carbocycles. The van der Waals surface area contributed by atoms with Gasteiger partial charge in [0.2, 0.25) is 0 Å². The van der Waals surface area contributed by atoms with Crippen molar-refractivity contribution in [3.8, 4) is 0 Å². The molecular formula is C16H20N4O2. The largest absolute Gasteiger partial charge is 0.368 e. The van der Waals surface area contributed by atoms with E-state index >= 15 is 0 Å². The lowest BCUT2D eigenvalue weighted by Crippen LogP contribution is -2.42. The average molecular weight is 300 g/mol. The molecule has 1 unspecified atom stereocenters. The van der Waals surface area contributed by atoms with Gasteiger partial charge in [0.1, 0.15) is 11.8 Å². The van der Waals surface area contributed by atoms with Crippen molar-refractivity contribution in [1.82, 2.24) is 19.7 Å². The third-order valence-corrected chi connectivity index (χ3v) is 3.68. The monoisotopic (exact) mass is 300 g/mol. The van der Waals surface area contributed by atoms with Gasteiger partial charge in [-0.05, 0) is 24.6 Å². The van der Waals surface area contributed by atoms with Crippen LogP contribution in [0.2, 0.25) is 0 Å². The summed E-state index contributed by atoms with van der Waals surface area (Å²) in [4.78, 5) is 18.7. The molecule has 6 heteroatoms. The smallest absolute Gasteiger partial charge is 0.274 e. The SMILES string of the molecule is CCCn1ccc(C(=O)N2CCOC(c3ccccn3)C2)n1. The van der Waals surface area contributed by atoms with Gasteiger partial charge < -0.3 is 9.64 Å². The Bertz CT molecular complexity index is 626. The molecule has 1 saturated heterocycles. The summed E-state index contributed by atoms with van der Waals surface area (Å²) in [6.45, 7) is 4.53. The van der Waals surface area contributed by atoms with Gasteiger partial charge >= 0.3 is 0 Å². The lowest BCUT2D eigenvalue weighted by Gasteiger charge is -2.32. The van der Waals surface area contributed by atoms with E-state index in [0.717, 1.165) is 18.7 Å². The Balaban J connectivity index is 1.69. The van der Waals surface area contributed by atoms with Crippen LogP contribution in [0.25, 0.3) is 0 Å². The fraction of sp³-hybridized carbons (Fsp3) is 0.438. The number of aromatic nitrogens is 3. The van der Waals surface area contributed by atoms with Crippen LogP contribution < -0.4 is 0 Å². The standard InChI is InChI=1S/C16H20N4O2/c1-2-8-20-9-6-14(18-20)16(21)19-10-11-22-15(12-19)13-5-3-4-7-17-13/h3-7,9,15H,2,8,10-12H2,1H3. The highest BCUT2D eigenvalue weighted by atomic mass is 16.5. The first kappa shape index (κ1) is 14.7. The Morgan fingerprint density at radius 1 is 1.41 bits per heavy atom. The van der Waals surface area contributed by atoms with Crippen LogP contribution in [-0.2, 0) is 11.3 Å². The summed E-state index contributed by atoms with van der Waals surface area (Å²) < 4.78 is 7.55. The first-order valence-corrected chi connectivity index (χ1v) is 7.63. The molecule has 2 aromatic heterocycles. The quantitative estimate of drug-likeness (QED) is 0.865. The van der Waals surface area contributed by atoms with E-state index < -0.39 is 0 Å². The molecule has 0 saturated carbocycles. The minimum Gasteiger partial charge on any atom is -0.368 e. The Hall–Kier alpha value is -2.21. The number of amides is 1. The molecule has 0 radical (unpaired) electrons. The van der Waals surface area contributed by atoms with Gasteiger partial charge in [0.05, 0.1) is 18.8 Å². The third-order valence-electron chi connectivity index (χ3n) is 3.68. The number of morpholine rings is 1. The average Bonchev–Trinajstić information content (AvgIpc) is 3.04. The van der Waals surface area contributed by atoms with Crippen molar-refractivity contribution >= 4 is 5.91 Å². The third kappa shape index (κ3) is 3.17. The second kappa shape index (κ2) is 6.70. The van der Waals surface area contributed by atoms with E-state index in [1.807, 2.05) is 29.1 Å². The van der Waals surface area contributed by atoms with Crippen molar-refractivity contribution in [2.24, 2.45) is 0 Å². The maximum absolute atomic E-state index is 12.6. The minimum atomic E-state index is -0.170. The van der Waals surface area contributed by atoms with Crippen LogP contribution in [-0.4, -0.2) is 45.3 Å². The minimum absolute atomic E-state index is 0.0425. The number of carbonyl (C=O) groups excluding carboxylic acids is 1. The number of hydrogen-bond acceptors (Lipinski definition) is 4. The fourth-order valence-electron chi connectivity index (χ4n) is 2.57. The molecule has 3 rings (SSSR count). The fourth-order valence-corrected chi connectivity index (χ4v) is 2.57. The summed E-state index contributed by atoms with van der Waals surface area (Å²) in [5.41, 5.74) is 1.35. The number of rotatable bonds is 4. The first-order chi connectivity index (χ1) is 10.8. The van der Waals surface area contributed by atoms with Crippen LogP contribution in [0.1, 0.15) is 35.6 Å². The molecule has 6 nitrogen and oxygen atoms in total. The topological polar surface area (TPSA) is 60.2 Å². The zero-order valence-electron chi connectivity index (χ0n) is 12.7. The first-order valence-electron chi connectivity index (χ1n) is 7.63. The zero-order valence-corrected chi connectivity index (χ0v) is 12.7. The van der Waals surface area contributed by atoms with E-state index in [1.165, 1.54) is 0 Å². The van der Waals surface area contributed by atoms with E-state index in [2.05, 4.69) is 17.0 Å². The molecule has 22 heavy (non-hydrogen) atoms. The van der Waals surface area contributed by atoms with Gasteiger partial charge in [-0.3, -0.25) is 14.5 Å². The van der Waals surface area contributed by atoms with E-state index in [4.69, 9.17) is 4.74 Å². The normalized spacial score (nSPS) is 18.4. The number of carbonyl (C=O) groups is 1. The number of ether oxygens (including phenoxy) is 1. The summed E-state index contributed by atoms with van der Waals surface area (Å²) >= 11 is 0. The summed E-state index contributed by atoms with van der Waals surface area (Å²) in [7, 11) is 0. The van der Waals surface area contributed by atoms with Crippen LogP contribution in [0.4, 0.5) is 0 Å². The lowest BCUT2D eigenvalue weighted by atomic mass is 10.2. The molecule has 3 heterocycles. The molecule has 1 aliphatic heterocycles. The van der Waals surface area contributed by atoms with E-state index in [9.17, 15) is 4.79 Å². The van der Waals surface area contributed by atoms with Gasteiger partial charge in [0, 0.05) is 25.5 Å². The highest BCUT2D eigenvalue weighted by molar-refractivity contribution is 5.92. The van der Waals surface area contributed by atoms with Crippen LogP contribution in [0.5, 0.6) is 0 Å². The Labute approximate surface area is 129 Å². The Kier molecular flexibility index (Phi) is 4.48. The summed E-state index contributed by atoms with van der Waals surface area (Å²) in [6, 6.07) is 7.51. The van der Waals surface area contributed by atoms with Crippen LogP contribution in [0, 0.1) is 0 Å². The summed E-state index contributed by atoms with van der Waals surface area (Å²) in [5, 5.41) is 4.34. The van der Waals surface area contributed by atoms with Crippen molar-refractivity contribution in [3.63, 3.8) is 0 Å². The Morgan fingerprint density at radius 2 is 2.32 bits per heavy atom. The summed E-state index contributed by atoms with van der Waals surface area (Å²) in [6.07, 6.45) is 4.42. The highest BCUT2D eigenvalue weighted by Crippen LogP contribution is 2.21. The molecule has 0 spiro atoms. The second-order valence-corrected chi connectivity index (χ2v) is 5.33.